The van der Waals surface area contributed by atoms with Crippen molar-refractivity contribution in [2.24, 2.45) is 5.92 Å². The highest BCUT2D eigenvalue weighted by Gasteiger charge is 2.19. The van der Waals surface area contributed by atoms with Crippen LogP contribution in [0.15, 0.2) is 0 Å². The zero-order chi connectivity index (χ0) is 21.0. The first kappa shape index (κ1) is 29.2. The number of rotatable bonds is 6. The van der Waals surface area contributed by atoms with Gasteiger partial charge in [0.15, 0.2) is 9.84 Å². The zero-order valence-electron chi connectivity index (χ0n) is 18.6. The smallest absolute Gasteiger partial charge is 0.222 e. The van der Waals surface area contributed by atoms with Crippen LogP contribution in [0.1, 0.15) is 83.1 Å². The minimum absolute atomic E-state index is 0.104. The van der Waals surface area contributed by atoms with Gasteiger partial charge in [-0.15, -0.1) is 0 Å². The molecule has 154 valence electrons. The quantitative estimate of drug-likeness (QED) is 0.735. The third-order valence-electron chi connectivity index (χ3n) is 2.94. The van der Waals surface area contributed by atoms with Crippen molar-refractivity contribution in [1.29, 1.82) is 0 Å². The topological polar surface area (TPSA) is 75.3 Å². The molecule has 0 spiro atoms. The van der Waals surface area contributed by atoms with E-state index in [-0.39, 0.29) is 28.4 Å². The molecule has 0 aliphatic carbocycles. The third-order valence-corrected chi connectivity index (χ3v) is 5.56. The Labute approximate surface area is 157 Å². The second-order valence-electron chi connectivity index (χ2n) is 7.98. The van der Waals surface area contributed by atoms with Gasteiger partial charge >= 0.3 is 0 Å². The van der Waals surface area contributed by atoms with Crippen LogP contribution in [-0.4, -0.2) is 43.0 Å². The number of carbonyl (C=O) groups is 1. The van der Waals surface area contributed by atoms with Crippen LogP contribution in [0, 0.1) is 5.92 Å². The Hall–Kier alpha value is -0.620. The fraction of sp³-hybridized carbons (Fsp3) is 0.947. The minimum Gasteiger partial charge on any atom is -0.354 e. The number of nitrogens with one attached hydrogen (secondary N) is 2. The Bertz CT molecular complexity index is 406. The molecule has 0 radical (unpaired) electrons. The number of sulfone groups is 1. The fourth-order valence-corrected chi connectivity index (χ4v) is 2.75. The van der Waals surface area contributed by atoms with Crippen LogP contribution in [0.25, 0.3) is 0 Å². The zero-order valence-corrected chi connectivity index (χ0v) is 19.4. The van der Waals surface area contributed by atoms with Crippen molar-refractivity contribution in [3.05, 3.63) is 0 Å². The molecule has 0 aliphatic heterocycles. The van der Waals surface area contributed by atoms with Crippen LogP contribution in [0.4, 0.5) is 0 Å². The van der Waals surface area contributed by atoms with Gasteiger partial charge in [-0.25, -0.2) is 8.42 Å². The van der Waals surface area contributed by atoms with E-state index in [9.17, 15) is 13.2 Å². The molecule has 0 unspecified atom stereocenters. The molecular weight excluding hydrogens is 336 g/mol. The number of hydrogen-bond donors (Lipinski definition) is 2. The molecule has 0 bridgehead atoms. The largest absolute Gasteiger partial charge is 0.354 e. The maximum Gasteiger partial charge on any atom is 0.222 e. The summed E-state index contributed by atoms with van der Waals surface area (Å²) < 4.78 is 22.1. The van der Waals surface area contributed by atoms with Gasteiger partial charge in [-0.3, -0.25) is 4.79 Å². The van der Waals surface area contributed by atoms with E-state index in [1.165, 1.54) is 0 Å². The molecule has 0 aromatic rings. The average Bonchev–Trinajstić information content (AvgIpc) is 2.36. The summed E-state index contributed by atoms with van der Waals surface area (Å²) in [6.45, 7) is 23.1. The first-order chi connectivity index (χ1) is 11.0. The maximum atomic E-state index is 11.0. The molecule has 2 N–H and O–H groups in total. The molecule has 1 amide bonds. The molecule has 0 aromatic carbocycles. The molecule has 0 aliphatic rings. The van der Waals surface area contributed by atoms with E-state index in [4.69, 9.17) is 0 Å². The van der Waals surface area contributed by atoms with Crippen LogP contribution in [0.2, 0.25) is 0 Å². The number of amides is 1. The molecule has 5 nitrogen and oxygen atoms in total. The first-order valence-corrected chi connectivity index (χ1v) is 11.0. The SMILES string of the molecule is CC(C)NC(=O)C(C)C.CC(C)NC(C)C.CC(C)S(=O)(=O)C(C)C. The van der Waals surface area contributed by atoms with Gasteiger partial charge in [0.05, 0.1) is 10.5 Å². The normalized spacial score (nSPS) is 11.6. The lowest BCUT2D eigenvalue weighted by Gasteiger charge is -2.10. The van der Waals surface area contributed by atoms with E-state index in [1.54, 1.807) is 27.7 Å². The molecule has 25 heavy (non-hydrogen) atoms. The summed E-state index contributed by atoms with van der Waals surface area (Å²) in [6.07, 6.45) is 0. The highest BCUT2D eigenvalue weighted by atomic mass is 32.2. The van der Waals surface area contributed by atoms with Gasteiger partial charge in [0.1, 0.15) is 0 Å². The van der Waals surface area contributed by atoms with Crippen LogP contribution in [-0.2, 0) is 14.6 Å². The van der Waals surface area contributed by atoms with Gasteiger partial charge in [0.2, 0.25) is 5.91 Å². The molecule has 0 saturated carbocycles. The van der Waals surface area contributed by atoms with E-state index in [2.05, 4.69) is 38.3 Å². The maximum absolute atomic E-state index is 11.0. The van der Waals surface area contributed by atoms with Crippen molar-refractivity contribution in [1.82, 2.24) is 10.6 Å². The summed E-state index contributed by atoms with van der Waals surface area (Å²) in [5.74, 6) is 0.234. The van der Waals surface area contributed by atoms with Crippen molar-refractivity contribution in [2.45, 2.75) is 112 Å². The summed E-state index contributed by atoms with van der Waals surface area (Å²) in [5, 5.41) is 5.63. The van der Waals surface area contributed by atoms with Crippen molar-refractivity contribution in [2.75, 3.05) is 0 Å². The van der Waals surface area contributed by atoms with Crippen LogP contribution < -0.4 is 10.6 Å². The Balaban J connectivity index is -0.000000293. The van der Waals surface area contributed by atoms with Gasteiger partial charge in [0.25, 0.3) is 0 Å². The van der Waals surface area contributed by atoms with E-state index in [0.29, 0.717) is 12.1 Å². The molecule has 6 heteroatoms. The van der Waals surface area contributed by atoms with Crippen molar-refractivity contribution >= 4 is 15.7 Å². The van der Waals surface area contributed by atoms with Gasteiger partial charge in [-0.05, 0) is 41.5 Å². The predicted molar refractivity (Wildman–Crippen MR) is 111 cm³/mol. The molecule has 0 rings (SSSR count). The van der Waals surface area contributed by atoms with Crippen molar-refractivity contribution in [3.8, 4) is 0 Å². The predicted octanol–water partition coefficient (Wildman–Crippen LogP) is 3.78. The standard InChI is InChI=1S/C7H15NO.C6H15N.C6H14O2S/c1-5(2)7(9)8-6(3)4;1-5(2)7-6(3)4;1-5(2)9(7,8)6(3)4/h5-6H,1-4H3,(H,8,9);5-7H,1-4H3;5-6H,1-4H3. The third kappa shape index (κ3) is 19.6. The Morgan fingerprint density at radius 3 is 1.00 bits per heavy atom. The van der Waals surface area contributed by atoms with Gasteiger partial charge in [-0.1, -0.05) is 41.5 Å². The van der Waals surface area contributed by atoms with Crippen LogP contribution in [0.5, 0.6) is 0 Å². The fourth-order valence-electron chi connectivity index (χ4n) is 1.66. The number of carbonyl (C=O) groups excluding carboxylic acids is 1. The van der Waals surface area contributed by atoms with Gasteiger partial charge < -0.3 is 10.6 Å². The van der Waals surface area contributed by atoms with Crippen LogP contribution >= 0.6 is 0 Å². The summed E-state index contributed by atoms with van der Waals surface area (Å²) in [7, 11) is -2.81. The lowest BCUT2D eigenvalue weighted by Crippen LogP contribution is -2.33. The summed E-state index contributed by atoms with van der Waals surface area (Å²) in [4.78, 5) is 10.8. The van der Waals surface area contributed by atoms with E-state index < -0.39 is 9.84 Å². The minimum atomic E-state index is -2.81. The van der Waals surface area contributed by atoms with E-state index in [0.717, 1.165) is 0 Å². The Morgan fingerprint density at radius 2 is 0.960 bits per heavy atom. The van der Waals surface area contributed by atoms with Gasteiger partial charge in [0, 0.05) is 24.0 Å². The first-order valence-electron chi connectivity index (χ1n) is 9.34. The number of hydrogen-bond acceptors (Lipinski definition) is 4. The lowest BCUT2D eigenvalue weighted by molar-refractivity contribution is -0.124. The Kier molecular flexibility index (Phi) is 17.0. The summed E-state index contributed by atoms with van der Waals surface area (Å²) >= 11 is 0. The highest BCUT2D eigenvalue weighted by Crippen LogP contribution is 2.06. The van der Waals surface area contributed by atoms with Crippen molar-refractivity contribution in [3.63, 3.8) is 0 Å². The van der Waals surface area contributed by atoms with Crippen LogP contribution in [0.3, 0.4) is 0 Å². The second kappa shape index (κ2) is 14.5. The summed E-state index contributed by atoms with van der Waals surface area (Å²) in [5.41, 5.74) is 0. The summed E-state index contributed by atoms with van der Waals surface area (Å²) in [6, 6.07) is 1.51. The highest BCUT2D eigenvalue weighted by molar-refractivity contribution is 7.92. The monoisotopic (exact) mass is 380 g/mol. The molecule has 0 atom stereocenters. The molecule has 0 heterocycles. The molecule has 0 fully saturated rings. The molecule has 0 saturated heterocycles. The molecule has 0 aromatic heterocycles. The average molecular weight is 381 g/mol. The van der Waals surface area contributed by atoms with Gasteiger partial charge in [-0.2, -0.15) is 0 Å². The van der Waals surface area contributed by atoms with E-state index in [1.807, 2.05) is 27.7 Å². The van der Waals surface area contributed by atoms with Crippen molar-refractivity contribution < 1.29 is 13.2 Å². The van der Waals surface area contributed by atoms with E-state index >= 15 is 0 Å². The second-order valence-corrected chi connectivity index (χ2v) is 11.0. The molecular formula is C19H44N2O3S. The Morgan fingerprint density at radius 1 is 0.640 bits per heavy atom. The lowest BCUT2D eigenvalue weighted by atomic mass is 10.2.